The molecule has 1 aliphatic rings. The molecule has 2 heterocycles. The number of rotatable bonds is 5. The van der Waals surface area contributed by atoms with Gasteiger partial charge in [0.1, 0.15) is 0 Å². The number of hydrogen-bond donors (Lipinski definition) is 2. The molecule has 1 saturated carbocycles. The highest BCUT2D eigenvalue weighted by Gasteiger charge is 2.35. The molecular weight excluding hydrogens is 385 g/mol. The first kappa shape index (κ1) is 19.2. The highest BCUT2D eigenvalue weighted by atomic mass is 19.4. The first-order chi connectivity index (χ1) is 13.7. The SMILES string of the molecule is CC(C)c1cc(NC(=O)c2nnn(-c3cccc(C(F)(F)F)c3)c2C2CC2)n[nH]1. The van der Waals surface area contributed by atoms with E-state index in [-0.39, 0.29) is 23.2 Å². The lowest BCUT2D eigenvalue weighted by Crippen LogP contribution is -2.15. The van der Waals surface area contributed by atoms with Gasteiger partial charge in [0.2, 0.25) is 0 Å². The van der Waals surface area contributed by atoms with Gasteiger partial charge in [0.05, 0.1) is 16.9 Å². The summed E-state index contributed by atoms with van der Waals surface area (Å²) in [5, 5.41) is 17.5. The Balaban J connectivity index is 1.66. The molecule has 0 aliphatic heterocycles. The summed E-state index contributed by atoms with van der Waals surface area (Å²) >= 11 is 0. The van der Waals surface area contributed by atoms with Crippen molar-refractivity contribution >= 4 is 11.7 Å². The van der Waals surface area contributed by atoms with Crippen LogP contribution in [0.3, 0.4) is 0 Å². The van der Waals surface area contributed by atoms with E-state index in [4.69, 9.17) is 0 Å². The van der Waals surface area contributed by atoms with Gasteiger partial charge in [-0.15, -0.1) is 5.10 Å². The monoisotopic (exact) mass is 404 g/mol. The first-order valence-corrected chi connectivity index (χ1v) is 9.24. The van der Waals surface area contributed by atoms with Crippen molar-refractivity contribution in [2.24, 2.45) is 0 Å². The number of anilines is 1. The molecule has 7 nitrogen and oxygen atoms in total. The zero-order valence-corrected chi connectivity index (χ0v) is 15.8. The van der Waals surface area contributed by atoms with Crippen LogP contribution in [0.4, 0.5) is 19.0 Å². The van der Waals surface area contributed by atoms with Crippen LogP contribution >= 0.6 is 0 Å². The summed E-state index contributed by atoms with van der Waals surface area (Å²) in [5.74, 6) is 0.115. The summed E-state index contributed by atoms with van der Waals surface area (Å²) in [4.78, 5) is 12.8. The molecule has 0 radical (unpaired) electrons. The van der Waals surface area contributed by atoms with Crippen LogP contribution in [0.5, 0.6) is 0 Å². The number of H-pyrrole nitrogens is 1. The van der Waals surface area contributed by atoms with Gasteiger partial charge in [0.25, 0.3) is 5.91 Å². The van der Waals surface area contributed by atoms with Gasteiger partial charge in [-0.3, -0.25) is 9.89 Å². The standard InChI is InChI=1S/C19H19F3N6O/c1-10(2)14-9-15(25-24-14)23-18(29)16-17(11-6-7-11)28(27-26-16)13-5-3-4-12(8-13)19(20,21)22/h3-5,8-11H,6-7H2,1-2H3,(H2,23,24,25,29). The molecular formula is C19H19F3N6O. The van der Waals surface area contributed by atoms with Crippen LogP contribution in [0, 0.1) is 0 Å². The van der Waals surface area contributed by atoms with Crippen LogP contribution in [0.15, 0.2) is 30.3 Å². The van der Waals surface area contributed by atoms with Gasteiger partial charge >= 0.3 is 6.18 Å². The smallest absolute Gasteiger partial charge is 0.304 e. The van der Waals surface area contributed by atoms with Gasteiger partial charge in [-0.25, -0.2) is 4.68 Å². The van der Waals surface area contributed by atoms with Gasteiger partial charge < -0.3 is 5.32 Å². The maximum absolute atomic E-state index is 13.1. The Hall–Kier alpha value is -3.17. The minimum Gasteiger partial charge on any atom is -0.304 e. The van der Waals surface area contributed by atoms with Gasteiger partial charge in [0, 0.05) is 17.7 Å². The third-order valence-corrected chi connectivity index (χ3v) is 4.76. The fourth-order valence-electron chi connectivity index (χ4n) is 3.05. The number of nitrogens with one attached hydrogen (secondary N) is 2. The molecule has 152 valence electrons. The Morgan fingerprint density at radius 1 is 1.28 bits per heavy atom. The number of carbonyl (C=O) groups excluding carboxylic acids is 1. The molecule has 29 heavy (non-hydrogen) atoms. The summed E-state index contributed by atoms with van der Waals surface area (Å²) < 4.78 is 40.5. The Bertz CT molecular complexity index is 1050. The Morgan fingerprint density at radius 3 is 2.66 bits per heavy atom. The van der Waals surface area contributed by atoms with E-state index < -0.39 is 17.6 Å². The van der Waals surface area contributed by atoms with E-state index in [1.807, 2.05) is 13.8 Å². The largest absolute Gasteiger partial charge is 0.416 e. The lowest BCUT2D eigenvalue weighted by Gasteiger charge is -2.10. The molecule has 0 bridgehead atoms. The van der Waals surface area contributed by atoms with Gasteiger partial charge in [-0.2, -0.15) is 18.3 Å². The van der Waals surface area contributed by atoms with Crippen molar-refractivity contribution < 1.29 is 18.0 Å². The van der Waals surface area contributed by atoms with Crippen molar-refractivity contribution in [1.82, 2.24) is 25.2 Å². The topological polar surface area (TPSA) is 88.5 Å². The predicted octanol–water partition coefficient (Wildman–Crippen LogP) is 4.26. The highest BCUT2D eigenvalue weighted by molar-refractivity contribution is 6.03. The van der Waals surface area contributed by atoms with Crippen LogP contribution in [0.25, 0.3) is 5.69 Å². The Labute approximate surface area is 164 Å². The van der Waals surface area contributed by atoms with Gasteiger partial charge in [0.15, 0.2) is 11.5 Å². The van der Waals surface area contributed by atoms with Crippen LogP contribution in [0.1, 0.15) is 66.0 Å². The fourth-order valence-corrected chi connectivity index (χ4v) is 3.05. The summed E-state index contributed by atoms with van der Waals surface area (Å²) in [6, 6.07) is 6.56. The van der Waals surface area contributed by atoms with Gasteiger partial charge in [-0.05, 0) is 37.0 Å². The molecule has 2 N–H and O–H groups in total. The zero-order chi connectivity index (χ0) is 20.8. The zero-order valence-electron chi connectivity index (χ0n) is 15.8. The molecule has 0 unspecified atom stereocenters. The number of aromatic nitrogens is 5. The second kappa shape index (κ2) is 7.02. The summed E-state index contributed by atoms with van der Waals surface area (Å²) in [6.45, 7) is 3.98. The van der Waals surface area contributed by atoms with Crippen molar-refractivity contribution in [3.63, 3.8) is 0 Å². The van der Waals surface area contributed by atoms with Crippen molar-refractivity contribution in [1.29, 1.82) is 0 Å². The molecule has 1 amide bonds. The molecule has 0 spiro atoms. The molecule has 0 atom stereocenters. The van der Waals surface area contributed by atoms with Crippen molar-refractivity contribution in [3.8, 4) is 5.69 Å². The van der Waals surface area contributed by atoms with E-state index in [9.17, 15) is 18.0 Å². The number of benzene rings is 1. The molecule has 1 aromatic carbocycles. The van der Waals surface area contributed by atoms with E-state index in [1.165, 1.54) is 16.8 Å². The predicted molar refractivity (Wildman–Crippen MR) is 99.0 cm³/mol. The molecule has 1 aliphatic carbocycles. The Kier molecular flexibility index (Phi) is 4.64. The molecule has 0 saturated heterocycles. The van der Waals surface area contributed by atoms with Gasteiger partial charge in [-0.1, -0.05) is 25.1 Å². The van der Waals surface area contributed by atoms with E-state index >= 15 is 0 Å². The summed E-state index contributed by atoms with van der Waals surface area (Å²) in [7, 11) is 0. The Morgan fingerprint density at radius 2 is 2.03 bits per heavy atom. The van der Waals surface area contributed by atoms with Crippen molar-refractivity contribution in [2.45, 2.75) is 44.7 Å². The van der Waals surface area contributed by atoms with E-state index in [1.54, 1.807) is 6.07 Å². The minimum atomic E-state index is -4.47. The maximum Gasteiger partial charge on any atom is 0.416 e. The third-order valence-electron chi connectivity index (χ3n) is 4.76. The minimum absolute atomic E-state index is 0.0331. The molecule has 1 fully saturated rings. The molecule has 4 rings (SSSR count). The molecule has 10 heteroatoms. The van der Waals surface area contributed by atoms with E-state index in [2.05, 4.69) is 25.8 Å². The summed E-state index contributed by atoms with van der Waals surface area (Å²) in [5.41, 5.74) is 0.918. The maximum atomic E-state index is 13.1. The first-order valence-electron chi connectivity index (χ1n) is 9.24. The van der Waals surface area contributed by atoms with Crippen LogP contribution < -0.4 is 5.32 Å². The number of aromatic amines is 1. The highest BCUT2D eigenvalue weighted by Crippen LogP contribution is 2.42. The lowest BCUT2D eigenvalue weighted by atomic mass is 10.1. The van der Waals surface area contributed by atoms with Crippen LogP contribution in [-0.2, 0) is 6.18 Å². The quantitative estimate of drug-likeness (QED) is 0.665. The number of carbonyl (C=O) groups is 1. The number of alkyl halides is 3. The fraction of sp³-hybridized carbons (Fsp3) is 0.368. The second-order valence-electron chi connectivity index (χ2n) is 7.37. The second-order valence-corrected chi connectivity index (χ2v) is 7.37. The van der Waals surface area contributed by atoms with Crippen LogP contribution in [0.2, 0.25) is 0 Å². The molecule has 2 aromatic heterocycles. The van der Waals surface area contributed by atoms with E-state index in [0.29, 0.717) is 11.5 Å². The van der Waals surface area contributed by atoms with Crippen molar-refractivity contribution in [3.05, 3.63) is 53.0 Å². The summed E-state index contributed by atoms with van der Waals surface area (Å²) in [6.07, 6.45) is -2.82. The number of halogens is 3. The van der Waals surface area contributed by atoms with E-state index in [0.717, 1.165) is 30.7 Å². The average Bonchev–Trinajstić information content (AvgIpc) is 3.22. The van der Waals surface area contributed by atoms with Crippen molar-refractivity contribution in [2.75, 3.05) is 5.32 Å². The average molecular weight is 404 g/mol. The normalized spacial score (nSPS) is 14.4. The lowest BCUT2D eigenvalue weighted by molar-refractivity contribution is -0.137. The third kappa shape index (κ3) is 3.87. The van der Waals surface area contributed by atoms with Crippen LogP contribution in [-0.4, -0.2) is 31.1 Å². The number of amides is 1. The number of nitrogens with zero attached hydrogens (tertiary/aromatic N) is 4. The molecule has 3 aromatic rings. The number of hydrogen-bond acceptors (Lipinski definition) is 4.